The number of nitrogens with one attached hydrogen (secondary N) is 1. The molecule has 3 heterocycles. The molecule has 2 aromatic carbocycles. The van der Waals surface area contributed by atoms with E-state index in [0.29, 0.717) is 27.6 Å². The van der Waals surface area contributed by atoms with Crippen LogP contribution in [0.2, 0.25) is 5.02 Å². The van der Waals surface area contributed by atoms with Crippen LogP contribution in [0.4, 0.5) is 35.4 Å². The van der Waals surface area contributed by atoms with Gasteiger partial charge in [-0.3, -0.25) is 5.32 Å². The maximum atomic E-state index is 14.4. The molecule has 3 aromatic heterocycles. The quantitative estimate of drug-likeness (QED) is 0.232. The molecule has 10 nitrogen and oxygen atoms in total. The fourth-order valence-corrected chi connectivity index (χ4v) is 4.14. The van der Waals surface area contributed by atoms with Crippen molar-refractivity contribution in [3.8, 4) is 17.1 Å². The number of nitrogens with two attached hydrogens (primary N) is 2. The summed E-state index contributed by atoms with van der Waals surface area (Å²) in [4.78, 5) is 23.5. The number of anilines is 3. The number of halogens is 4. The molecule has 5 aromatic rings. The maximum absolute atomic E-state index is 14.4. The molecule has 0 saturated carbocycles. The Bertz CT molecular complexity index is 1720. The topological polar surface area (TPSA) is 158 Å². The number of carbonyl (C=O) groups is 1. The van der Waals surface area contributed by atoms with Crippen LogP contribution in [0.3, 0.4) is 0 Å². The van der Waals surface area contributed by atoms with Crippen LogP contribution in [0.1, 0.15) is 11.3 Å². The van der Waals surface area contributed by atoms with Crippen LogP contribution in [-0.4, -0.2) is 35.9 Å². The van der Waals surface area contributed by atoms with E-state index in [1.165, 1.54) is 16.9 Å². The minimum Gasteiger partial charge on any atom is -0.465 e. The highest BCUT2D eigenvalue weighted by Gasteiger charge is 2.21. The predicted molar refractivity (Wildman–Crippen MR) is 134 cm³/mol. The minimum atomic E-state index is -1.32. The third-order valence-electron chi connectivity index (χ3n) is 5.63. The number of amides is 1. The molecule has 0 saturated heterocycles. The normalized spacial score (nSPS) is 11.2. The zero-order valence-corrected chi connectivity index (χ0v) is 19.8. The van der Waals surface area contributed by atoms with E-state index < -0.39 is 35.5 Å². The van der Waals surface area contributed by atoms with Crippen LogP contribution >= 0.6 is 11.6 Å². The van der Waals surface area contributed by atoms with Crippen LogP contribution in [0, 0.1) is 17.5 Å². The number of nitrogens with zero attached hydrogens (tertiary/aromatic N) is 5. The van der Waals surface area contributed by atoms with Crippen molar-refractivity contribution in [1.29, 1.82) is 0 Å². The molecule has 0 spiro atoms. The molecular formula is C24H16ClF3N8O2. The summed E-state index contributed by atoms with van der Waals surface area (Å²) in [6.45, 7) is 0. The smallest absolute Gasteiger partial charge is 0.410 e. The average molecular weight is 541 g/mol. The van der Waals surface area contributed by atoms with Gasteiger partial charge in [-0.1, -0.05) is 11.6 Å². The first-order valence-corrected chi connectivity index (χ1v) is 11.2. The second-order valence-electron chi connectivity index (χ2n) is 8.05. The largest absolute Gasteiger partial charge is 0.465 e. The third kappa shape index (κ3) is 4.50. The van der Waals surface area contributed by atoms with Crippen LogP contribution in [0.25, 0.3) is 28.0 Å². The molecule has 0 radical (unpaired) electrons. The molecule has 38 heavy (non-hydrogen) atoms. The van der Waals surface area contributed by atoms with Crippen molar-refractivity contribution in [2.24, 2.45) is 0 Å². The zero-order chi connectivity index (χ0) is 27.1. The van der Waals surface area contributed by atoms with E-state index in [2.05, 4.69) is 25.4 Å². The molecule has 192 valence electrons. The number of benzene rings is 2. The number of nitrogen functional groups attached to an aromatic ring is 2. The molecule has 1 amide bonds. The molecule has 0 atom stereocenters. The first kappa shape index (κ1) is 24.8. The van der Waals surface area contributed by atoms with Gasteiger partial charge in [0, 0.05) is 28.6 Å². The van der Waals surface area contributed by atoms with E-state index in [1.54, 1.807) is 24.3 Å². The van der Waals surface area contributed by atoms with Crippen molar-refractivity contribution in [3.05, 3.63) is 82.4 Å². The first-order valence-electron chi connectivity index (χ1n) is 10.8. The SMILES string of the molecule is Nc1nc(-n2nc(Cc3c(F)ccc(F)c3F)c3cc(Cl)ccc32)nc(N)c1-c1ccnc(NC(=O)O)c1. The van der Waals surface area contributed by atoms with Crippen molar-refractivity contribution in [2.45, 2.75) is 6.42 Å². The van der Waals surface area contributed by atoms with E-state index in [1.807, 2.05) is 0 Å². The number of aromatic nitrogens is 5. The van der Waals surface area contributed by atoms with Crippen LogP contribution in [-0.2, 0) is 6.42 Å². The molecule has 0 aliphatic heterocycles. The first-order chi connectivity index (χ1) is 18.1. The molecule has 0 bridgehead atoms. The van der Waals surface area contributed by atoms with Crippen LogP contribution in [0.5, 0.6) is 0 Å². The number of carboxylic acid groups (broad SMARTS) is 1. The fourth-order valence-electron chi connectivity index (χ4n) is 3.97. The van der Waals surface area contributed by atoms with Gasteiger partial charge < -0.3 is 16.6 Å². The summed E-state index contributed by atoms with van der Waals surface area (Å²) in [6, 6.07) is 9.20. The molecular weight excluding hydrogens is 525 g/mol. The summed E-state index contributed by atoms with van der Waals surface area (Å²) < 4.78 is 43.8. The van der Waals surface area contributed by atoms with E-state index in [9.17, 15) is 18.0 Å². The van der Waals surface area contributed by atoms with Gasteiger partial charge in [-0.15, -0.1) is 0 Å². The predicted octanol–water partition coefficient (Wildman–Crippen LogP) is 4.79. The minimum absolute atomic E-state index is 0.0364. The van der Waals surface area contributed by atoms with Crippen molar-refractivity contribution < 1.29 is 23.1 Å². The van der Waals surface area contributed by atoms with E-state index in [-0.39, 0.29) is 34.7 Å². The second-order valence-corrected chi connectivity index (χ2v) is 8.48. The summed E-state index contributed by atoms with van der Waals surface area (Å²) >= 11 is 6.16. The molecule has 0 unspecified atom stereocenters. The Labute approximate surface area is 216 Å². The van der Waals surface area contributed by atoms with Crippen LogP contribution < -0.4 is 16.8 Å². The van der Waals surface area contributed by atoms with Crippen molar-refractivity contribution >= 4 is 46.1 Å². The van der Waals surface area contributed by atoms with Gasteiger partial charge in [-0.05, 0) is 48.0 Å². The Morgan fingerprint density at radius 1 is 1.03 bits per heavy atom. The fraction of sp³-hybridized carbons (Fsp3) is 0.0417. The van der Waals surface area contributed by atoms with Gasteiger partial charge in [0.15, 0.2) is 11.6 Å². The zero-order valence-electron chi connectivity index (χ0n) is 19.1. The van der Waals surface area contributed by atoms with Gasteiger partial charge in [0.1, 0.15) is 23.3 Å². The van der Waals surface area contributed by atoms with Gasteiger partial charge in [0.25, 0.3) is 5.95 Å². The standard InChI is InChI=1S/C24H16ClF3N8O2/c25-11-1-4-17-13(8-11)16(9-12-14(26)2-3-15(27)20(12)28)35-36(17)23-33-21(29)19(22(30)34-23)10-5-6-31-18(7-10)32-24(37)38/h1-8H,9H2,(H,31,32)(H,37,38)(H4,29,30,33,34). The molecule has 14 heteroatoms. The number of pyridine rings is 1. The van der Waals surface area contributed by atoms with Crippen molar-refractivity contribution in [2.75, 3.05) is 16.8 Å². The Morgan fingerprint density at radius 2 is 1.74 bits per heavy atom. The lowest BCUT2D eigenvalue weighted by atomic mass is 10.1. The number of fused-ring (bicyclic) bond motifs is 1. The molecule has 0 aliphatic rings. The maximum Gasteiger partial charge on any atom is 0.410 e. The lowest BCUT2D eigenvalue weighted by Gasteiger charge is -2.11. The highest BCUT2D eigenvalue weighted by molar-refractivity contribution is 6.31. The summed E-state index contributed by atoms with van der Waals surface area (Å²) in [7, 11) is 0. The molecule has 5 rings (SSSR count). The molecule has 0 aliphatic carbocycles. The molecule has 0 fully saturated rings. The number of hydrogen-bond acceptors (Lipinski definition) is 7. The summed E-state index contributed by atoms with van der Waals surface area (Å²) in [5.74, 6) is -3.58. The van der Waals surface area contributed by atoms with Gasteiger partial charge >= 0.3 is 6.09 Å². The summed E-state index contributed by atoms with van der Waals surface area (Å²) in [6.07, 6.45) is -0.338. The lowest BCUT2D eigenvalue weighted by Crippen LogP contribution is -2.11. The van der Waals surface area contributed by atoms with Crippen molar-refractivity contribution in [3.63, 3.8) is 0 Å². The monoisotopic (exact) mass is 540 g/mol. The lowest BCUT2D eigenvalue weighted by molar-refractivity contribution is 0.209. The van der Waals surface area contributed by atoms with Gasteiger partial charge in [0.05, 0.1) is 16.8 Å². The van der Waals surface area contributed by atoms with Crippen molar-refractivity contribution in [1.82, 2.24) is 24.7 Å². The summed E-state index contributed by atoms with van der Waals surface area (Å²) in [5.41, 5.74) is 13.1. The van der Waals surface area contributed by atoms with E-state index in [0.717, 1.165) is 6.07 Å². The Kier molecular flexibility index (Phi) is 6.20. The summed E-state index contributed by atoms with van der Waals surface area (Å²) in [5, 5.41) is 16.2. The van der Waals surface area contributed by atoms with E-state index >= 15 is 0 Å². The Balaban J connectivity index is 1.62. The number of hydrogen-bond donors (Lipinski definition) is 4. The van der Waals surface area contributed by atoms with Crippen LogP contribution in [0.15, 0.2) is 48.7 Å². The highest BCUT2D eigenvalue weighted by atomic mass is 35.5. The van der Waals surface area contributed by atoms with Gasteiger partial charge in [0.2, 0.25) is 0 Å². The second kappa shape index (κ2) is 9.52. The highest BCUT2D eigenvalue weighted by Crippen LogP contribution is 2.33. The van der Waals surface area contributed by atoms with Gasteiger partial charge in [-0.2, -0.15) is 19.7 Å². The third-order valence-corrected chi connectivity index (χ3v) is 5.86. The average Bonchev–Trinajstić information content (AvgIpc) is 3.21. The van der Waals surface area contributed by atoms with Gasteiger partial charge in [-0.25, -0.2) is 22.9 Å². The Morgan fingerprint density at radius 3 is 2.45 bits per heavy atom. The number of rotatable bonds is 5. The molecule has 6 N–H and O–H groups in total. The Hall–Kier alpha value is -4.91. The van der Waals surface area contributed by atoms with E-state index in [4.69, 9.17) is 28.2 Å².